The molecule has 0 aliphatic carbocycles. The molecule has 0 bridgehead atoms. The van der Waals surface area contributed by atoms with Gasteiger partial charge < -0.3 is 15.0 Å². The highest BCUT2D eigenvalue weighted by molar-refractivity contribution is 6.31. The summed E-state index contributed by atoms with van der Waals surface area (Å²) in [6.45, 7) is 8.99. The van der Waals surface area contributed by atoms with Crippen LogP contribution in [-0.4, -0.2) is 35.9 Å². The Morgan fingerprint density at radius 3 is 2.22 bits per heavy atom. The standard InChI is InChI=1S/C31H37ClN2O3/c1-5-19-33-30(36)28(20-23-11-7-6-8-12-23)34(21-24-13-9-10-14-27(24)32)29(35)22-37-26-17-15-25(16-18-26)31(2,3)4/h6-18,28H,5,19-22H2,1-4H3,(H,33,36)/t28-/m1/s1. The molecule has 1 atom stereocenters. The van der Waals surface area contributed by atoms with E-state index in [2.05, 4.69) is 26.1 Å². The summed E-state index contributed by atoms with van der Waals surface area (Å²) in [5, 5.41) is 3.52. The molecule has 0 saturated carbocycles. The topological polar surface area (TPSA) is 58.6 Å². The van der Waals surface area contributed by atoms with E-state index in [1.54, 1.807) is 11.0 Å². The van der Waals surface area contributed by atoms with Crippen LogP contribution in [0, 0.1) is 0 Å². The lowest BCUT2D eigenvalue weighted by Crippen LogP contribution is -2.51. The zero-order chi connectivity index (χ0) is 26.8. The third-order valence-corrected chi connectivity index (χ3v) is 6.57. The van der Waals surface area contributed by atoms with Crippen molar-refractivity contribution in [2.75, 3.05) is 13.2 Å². The molecule has 0 aromatic heterocycles. The molecule has 196 valence electrons. The van der Waals surface area contributed by atoms with Crippen molar-refractivity contribution in [1.29, 1.82) is 0 Å². The summed E-state index contributed by atoms with van der Waals surface area (Å²) in [6, 6.07) is 24.2. The van der Waals surface area contributed by atoms with Gasteiger partial charge >= 0.3 is 0 Å². The minimum absolute atomic E-state index is 0.0244. The monoisotopic (exact) mass is 520 g/mol. The van der Waals surface area contributed by atoms with Gasteiger partial charge in [0.25, 0.3) is 5.91 Å². The number of carbonyl (C=O) groups excluding carboxylic acids is 2. The Morgan fingerprint density at radius 1 is 0.946 bits per heavy atom. The van der Waals surface area contributed by atoms with Crippen molar-refractivity contribution < 1.29 is 14.3 Å². The van der Waals surface area contributed by atoms with E-state index < -0.39 is 6.04 Å². The lowest BCUT2D eigenvalue weighted by molar-refractivity contribution is -0.142. The van der Waals surface area contributed by atoms with E-state index in [1.807, 2.05) is 79.7 Å². The maximum absolute atomic E-state index is 13.6. The Kier molecular flexibility index (Phi) is 10.2. The molecule has 0 radical (unpaired) electrons. The van der Waals surface area contributed by atoms with Gasteiger partial charge in [-0.3, -0.25) is 9.59 Å². The van der Waals surface area contributed by atoms with Crippen LogP contribution in [0.1, 0.15) is 50.8 Å². The van der Waals surface area contributed by atoms with Gasteiger partial charge in [-0.1, -0.05) is 100.0 Å². The van der Waals surface area contributed by atoms with Crippen molar-refractivity contribution in [3.8, 4) is 5.75 Å². The van der Waals surface area contributed by atoms with Crippen LogP contribution in [0.15, 0.2) is 78.9 Å². The molecule has 6 heteroatoms. The number of amides is 2. The fourth-order valence-corrected chi connectivity index (χ4v) is 4.20. The van der Waals surface area contributed by atoms with Crippen molar-refractivity contribution >= 4 is 23.4 Å². The van der Waals surface area contributed by atoms with Crippen molar-refractivity contribution in [3.63, 3.8) is 0 Å². The number of rotatable bonds is 11. The van der Waals surface area contributed by atoms with Gasteiger partial charge in [0, 0.05) is 24.5 Å². The zero-order valence-electron chi connectivity index (χ0n) is 22.2. The molecule has 0 aliphatic heterocycles. The van der Waals surface area contributed by atoms with Gasteiger partial charge in [0.2, 0.25) is 5.91 Å². The van der Waals surface area contributed by atoms with Gasteiger partial charge in [-0.05, 0) is 46.7 Å². The number of ether oxygens (including phenoxy) is 1. The predicted octanol–water partition coefficient (Wildman–Crippen LogP) is 6.18. The second kappa shape index (κ2) is 13.3. The number of benzene rings is 3. The molecule has 0 unspecified atom stereocenters. The number of halogens is 1. The van der Waals surface area contributed by atoms with Gasteiger partial charge in [-0.2, -0.15) is 0 Å². The number of nitrogens with one attached hydrogen (secondary N) is 1. The first-order valence-electron chi connectivity index (χ1n) is 12.8. The summed E-state index contributed by atoms with van der Waals surface area (Å²) in [5.74, 6) is 0.127. The van der Waals surface area contributed by atoms with Crippen molar-refractivity contribution in [3.05, 3.63) is 101 Å². The molecule has 3 aromatic carbocycles. The Balaban J connectivity index is 1.87. The maximum Gasteiger partial charge on any atom is 0.261 e. The number of nitrogens with zero attached hydrogens (tertiary/aromatic N) is 1. The minimum atomic E-state index is -0.718. The van der Waals surface area contributed by atoms with Crippen molar-refractivity contribution in [2.45, 2.75) is 58.5 Å². The molecule has 0 saturated heterocycles. The summed E-state index contributed by atoms with van der Waals surface area (Å²) >= 11 is 6.46. The molecular formula is C31H37ClN2O3. The van der Waals surface area contributed by atoms with E-state index in [9.17, 15) is 9.59 Å². The molecule has 37 heavy (non-hydrogen) atoms. The molecule has 3 aromatic rings. The molecule has 0 fully saturated rings. The summed E-state index contributed by atoms with van der Waals surface area (Å²) < 4.78 is 5.89. The predicted molar refractivity (Wildman–Crippen MR) is 150 cm³/mol. The quantitative estimate of drug-likeness (QED) is 0.328. The first kappa shape index (κ1) is 28.3. The highest BCUT2D eigenvalue weighted by atomic mass is 35.5. The van der Waals surface area contributed by atoms with Gasteiger partial charge in [0.05, 0.1) is 0 Å². The van der Waals surface area contributed by atoms with Gasteiger partial charge in [0.1, 0.15) is 11.8 Å². The van der Waals surface area contributed by atoms with E-state index >= 15 is 0 Å². The molecule has 0 aliphatic rings. The number of hydrogen-bond acceptors (Lipinski definition) is 3. The molecule has 5 nitrogen and oxygen atoms in total. The fourth-order valence-electron chi connectivity index (χ4n) is 4.01. The Labute approximate surface area is 225 Å². The second-order valence-corrected chi connectivity index (χ2v) is 10.6. The van der Waals surface area contributed by atoms with Crippen LogP contribution in [0.4, 0.5) is 0 Å². The Bertz CT molecular complexity index is 1160. The van der Waals surface area contributed by atoms with Gasteiger partial charge in [-0.25, -0.2) is 0 Å². The lowest BCUT2D eigenvalue weighted by Gasteiger charge is -2.31. The molecule has 0 heterocycles. The van der Waals surface area contributed by atoms with E-state index in [4.69, 9.17) is 16.3 Å². The zero-order valence-corrected chi connectivity index (χ0v) is 22.9. The van der Waals surface area contributed by atoms with Crippen molar-refractivity contribution in [2.24, 2.45) is 0 Å². The van der Waals surface area contributed by atoms with Crippen LogP contribution in [0.3, 0.4) is 0 Å². The van der Waals surface area contributed by atoms with Crippen molar-refractivity contribution in [1.82, 2.24) is 10.2 Å². The van der Waals surface area contributed by atoms with Crippen LogP contribution >= 0.6 is 11.6 Å². The third-order valence-electron chi connectivity index (χ3n) is 6.20. The number of carbonyl (C=O) groups is 2. The van der Waals surface area contributed by atoms with Crippen LogP contribution < -0.4 is 10.1 Å². The van der Waals surface area contributed by atoms with Crippen LogP contribution in [0.25, 0.3) is 0 Å². The van der Waals surface area contributed by atoms with E-state index in [-0.39, 0.29) is 30.4 Å². The first-order chi connectivity index (χ1) is 17.7. The summed E-state index contributed by atoms with van der Waals surface area (Å²) in [7, 11) is 0. The molecule has 3 rings (SSSR count). The van der Waals surface area contributed by atoms with Crippen LogP contribution in [0.2, 0.25) is 5.02 Å². The summed E-state index contributed by atoms with van der Waals surface area (Å²) in [4.78, 5) is 28.6. The summed E-state index contributed by atoms with van der Waals surface area (Å²) in [6.07, 6.45) is 1.18. The second-order valence-electron chi connectivity index (χ2n) is 10.2. The van der Waals surface area contributed by atoms with Gasteiger partial charge in [0.15, 0.2) is 6.61 Å². The first-order valence-corrected chi connectivity index (χ1v) is 13.1. The largest absolute Gasteiger partial charge is 0.484 e. The summed E-state index contributed by atoms with van der Waals surface area (Å²) in [5.41, 5.74) is 2.95. The Morgan fingerprint density at radius 2 is 1.59 bits per heavy atom. The van der Waals surface area contributed by atoms with Crippen LogP contribution in [0.5, 0.6) is 5.75 Å². The molecule has 0 spiro atoms. The molecular weight excluding hydrogens is 484 g/mol. The lowest BCUT2D eigenvalue weighted by atomic mass is 9.87. The van der Waals surface area contributed by atoms with E-state index in [0.717, 1.165) is 17.5 Å². The smallest absolute Gasteiger partial charge is 0.261 e. The van der Waals surface area contributed by atoms with E-state index in [0.29, 0.717) is 23.7 Å². The average molecular weight is 521 g/mol. The number of hydrogen-bond donors (Lipinski definition) is 1. The SMILES string of the molecule is CCCNC(=O)[C@@H](Cc1ccccc1)N(Cc1ccccc1Cl)C(=O)COc1ccc(C(C)(C)C)cc1. The highest BCUT2D eigenvalue weighted by Gasteiger charge is 2.31. The Hall–Kier alpha value is -3.31. The molecule has 2 amide bonds. The normalized spacial score (nSPS) is 12.0. The van der Waals surface area contributed by atoms with Crippen LogP contribution in [-0.2, 0) is 28.0 Å². The molecule has 1 N–H and O–H groups in total. The fraction of sp³-hybridized carbons (Fsp3) is 0.355. The van der Waals surface area contributed by atoms with E-state index in [1.165, 1.54) is 5.56 Å². The maximum atomic E-state index is 13.6. The highest BCUT2D eigenvalue weighted by Crippen LogP contribution is 2.25. The average Bonchev–Trinajstić information content (AvgIpc) is 2.89. The minimum Gasteiger partial charge on any atom is -0.484 e. The van der Waals surface area contributed by atoms with Gasteiger partial charge in [-0.15, -0.1) is 0 Å². The third kappa shape index (κ3) is 8.36.